The molecule has 7 heteroatoms. The van der Waals surface area contributed by atoms with Crippen molar-refractivity contribution in [3.8, 4) is 0 Å². The summed E-state index contributed by atoms with van der Waals surface area (Å²) >= 11 is 7.68. The van der Waals surface area contributed by atoms with E-state index in [0.29, 0.717) is 18.7 Å². The van der Waals surface area contributed by atoms with E-state index in [-0.39, 0.29) is 5.91 Å². The van der Waals surface area contributed by atoms with E-state index in [0.717, 1.165) is 33.5 Å². The van der Waals surface area contributed by atoms with Crippen LogP contribution in [0.1, 0.15) is 10.4 Å². The Bertz CT molecular complexity index is 875. The highest BCUT2D eigenvalue weighted by atomic mass is 35.5. The zero-order valence-corrected chi connectivity index (χ0v) is 14.4. The molecule has 1 saturated heterocycles. The minimum Gasteiger partial charge on any atom is -0.345 e. The van der Waals surface area contributed by atoms with Gasteiger partial charge in [-0.3, -0.25) is 9.78 Å². The van der Waals surface area contributed by atoms with Gasteiger partial charge in [0.15, 0.2) is 5.13 Å². The van der Waals surface area contributed by atoms with Gasteiger partial charge in [-0.2, -0.15) is 0 Å². The van der Waals surface area contributed by atoms with Crippen molar-refractivity contribution in [3.05, 3.63) is 53.3 Å². The molecule has 0 spiro atoms. The van der Waals surface area contributed by atoms with E-state index in [9.17, 15) is 4.79 Å². The molecule has 0 N–H and O–H groups in total. The Labute approximate surface area is 148 Å². The fraction of sp³-hybridized carbons (Fsp3) is 0.235. The molecule has 1 aliphatic heterocycles. The molecule has 1 fully saturated rings. The number of piperazine rings is 1. The SMILES string of the molecule is O=C(c1cccnc1)N1CCN(c2nc3ccc(Cl)cc3s2)CC1. The summed E-state index contributed by atoms with van der Waals surface area (Å²) in [6, 6.07) is 9.34. The van der Waals surface area contributed by atoms with Crippen LogP contribution in [-0.2, 0) is 0 Å². The number of anilines is 1. The molecule has 4 rings (SSSR count). The maximum atomic E-state index is 12.5. The van der Waals surface area contributed by atoms with Gasteiger partial charge in [0.2, 0.25) is 0 Å². The molecular weight excluding hydrogens is 344 g/mol. The maximum absolute atomic E-state index is 12.5. The van der Waals surface area contributed by atoms with Gasteiger partial charge in [-0.05, 0) is 30.3 Å². The predicted octanol–water partition coefficient (Wildman–Crippen LogP) is 3.31. The zero-order chi connectivity index (χ0) is 16.5. The number of benzene rings is 1. The quantitative estimate of drug-likeness (QED) is 0.705. The van der Waals surface area contributed by atoms with Crippen molar-refractivity contribution in [3.63, 3.8) is 0 Å². The molecule has 0 aliphatic carbocycles. The van der Waals surface area contributed by atoms with Crippen LogP contribution in [0.25, 0.3) is 10.2 Å². The Morgan fingerprint density at radius 3 is 2.75 bits per heavy atom. The average Bonchev–Trinajstić information content (AvgIpc) is 3.05. The topological polar surface area (TPSA) is 49.3 Å². The van der Waals surface area contributed by atoms with Crippen LogP contribution in [0.4, 0.5) is 5.13 Å². The number of carbonyl (C=O) groups excluding carboxylic acids is 1. The second-order valence-electron chi connectivity index (χ2n) is 5.63. The predicted molar refractivity (Wildman–Crippen MR) is 97.0 cm³/mol. The summed E-state index contributed by atoms with van der Waals surface area (Å²) in [7, 11) is 0. The van der Waals surface area contributed by atoms with Gasteiger partial charge in [0.25, 0.3) is 5.91 Å². The summed E-state index contributed by atoms with van der Waals surface area (Å²) in [5, 5.41) is 1.71. The van der Waals surface area contributed by atoms with E-state index in [1.165, 1.54) is 0 Å². The van der Waals surface area contributed by atoms with Gasteiger partial charge in [0.05, 0.1) is 15.8 Å². The molecule has 5 nitrogen and oxygen atoms in total. The first-order valence-corrected chi connectivity index (χ1v) is 8.90. The Balaban J connectivity index is 1.46. The van der Waals surface area contributed by atoms with Crippen LogP contribution >= 0.6 is 22.9 Å². The molecule has 0 bridgehead atoms. The van der Waals surface area contributed by atoms with E-state index in [4.69, 9.17) is 11.6 Å². The summed E-state index contributed by atoms with van der Waals surface area (Å²) in [5.41, 5.74) is 1.61. The smallest absolute Gasteiger partial charge is 0.255 e. The van der Waals surface area contributed by atoms with E-state index in [1.54, 1.807) is 35.9 Å². The van der Waals surface area contributed by atoms with E-state index in [2.05, 4.69) is 14.9 Å². The standard InChI is InChI=1S/C17H15ClN4OS/c18-13-3-4-14-15(10-13)24-17(20-14)22-8-6-21(7-9-22)16(23)12-2-1-5-19-11-12/h1-5,10-11H,6-9H2. The van der Waals surface area contributed by atoms with E-state index in [1.807, 2.05) is 23.1 Å². The number of aromatic nitrogens is 2. The minimum absolute atomic E-state index is 0.0406. The number of nitrogens with zero attached hydrogens (tertiary/aromatic N) is 4. The number of rotatable bonds is 2. The first kappa shape index (κ1) is 15.4. The fourth-order valence-electron chi connectivity index (χ4n) is 2.79. The Morgan fingerprint density at radius 1 is 1.17 bits per heavy atom. The highest BCUT2D eigenvalue weighted by Gasteiger charge is 2.24. The lowest BCUT2D eigenvalue weighted by Crippen LogP contribution is -2.48. The van der Waals surface area contributed by atoms with Crippen LogP contribution in [0.3, 0.4) is 0 Å². The fourth-order valence-corrected chi connectivity index (χ4v) is 4.09. The van der Waals surface area contributed by atoms with Crippen LogP contribution in [0, 0.1) is 0 Å². The summed E-state index contributed by atoms with van der Waals surface area (Å²) in [6.45, 7) is 2.92. The molecule has 0 atom stereocenters. The first-order valence-electron chi connectivity index (χ1n) is 7.71. The lowest BCUT2D eigenvalue weighted by Gasteiger charge is -2.34. The second-order valence-corrected chi connectivity index (χ2v) is 7.07. The molecule has 1 amide bonds. The molecular formula is C17H15ClN4OS. The molecule has 0 unspecified atom stereocenters. The Hall–Kier alpha value is -2.18. The Kier molecular flexibility index (Phi) is 4.08. The third-order valence-electron chi connectivity index (χ3n) is 4.09. The van der Waals surface area contributed by atoms with E-state index < -0.39 is 0 Å². The minimum atomic E-state index is 0.0406. The van der Waals surface area contributed by atoms with Crippen molar-refractivity contribution < 1.29 is 4.79 Å². The van der Waals surface area contributed by atoms with Crippen molar-refractivity contribution in [1.82, 2.24) is 14.9 Å². The summed E-state index contributed by atoms with van der Waals surface area (Å²) in [4.78, 5) is 25.3. The number of carbonyl (C=O) groups is 1. The van der Waals surface area contributed by atoms with Gasteiger partial charge in [-0.25, -0.2) is 4.98 Å². The average molecular weight is 359 g/mol. The molecule has 2 aromatic heterocycles. The van der Waals surface area contributed by atoms with Crippen LogP contribution in [0.15, 0.2) is 42.7 Å². The van der Waals surface area contributed by atoms with Crippen molar-refractivity contribution in [1.29, 1.82) is 0 Å². The van der Waals surface area contributed by atoms with Crippen LogP contribution in [0.5, 0.6) is 0 Å². The normalized spacial score (nSPS) is 15.0. The molecule has 0 radical (unpaired) electrons. The number of hydrogen-bond donors (Lipinski definition) is 0. The number of pyridine rings is 1. The zero-order valence-electron chi connectivity index (χ0n) is 12.9. The van der Waals surface area contributed by atoms with Crippen molar-refractivity contribution in [2.45, 2.75) is 0 Å². The summed E-state index contributed by atoms with van der Waals surface area (Å²) in [6.07, 6.45) is 3.29. The van der Waals surface area contributed by atoms with Crippen LogP contribution in [-0.4, -0.2) is 47.0 Å². The largest absolute Gasteiger partial charge is 0.345 e. The second kappa shape index (κ2) is 6.37. The number of thiazole rings is 1. The Morgan fingerprint density at radius 2 is 2.00 bits per heavy atom. The van der Waals surface area contributed by atoms with Crippen molar-refractivity contribution >= 4 is 44.2 Å². The molecule has 0 saturated carbocycles. The van der Waals surface area contributed by atoms with Gasteiger partial charge in [-0.1, -0.05) is 22.9 Å². The number of halogens is 1. The molecule has 122 valence electrons. The third-order valence-corrected chi connectivity index (χ3v) is 5.40. The summed E-state index contributed by atoms with van der Waals surface area (Å²) < 4.78 is 1.09. The molecule has 24 heavy (non-hydrogen) atoms. The van der Waals surface area contributed by atoms with Crippen LogP contribution < -0.4 is 4.90 Å². The molecule has 3 aromatic rings. The highest BCUT2D eigenvalue weighted by molar-refractivity contribution is 7.22. The molecule has 3 heterocycles. The highest BCUT2D eigenvalue weighted by Crippen LogP contribution is 2.31. The lowest BCUT2D eigenvalue weighted by molar-refractivity contribution is 0.0746. The third kappa shape index (κ3) is 2.95. The monoisotopic (exact) mass is 358 g/mol. The van der Waals surface area contributed by atoms with Gasteiger partial charge < -0.3 is 9.80 Å². The van der Waals surface area contributed by atoms with E-state index >= 15 is 0 Å². The maximum Gasteiger partial charge on any atom is 0.255 e. The molecule has 1 aliphatic rings. The van der Waals surface area contributed by atoms with Crippen LogP contribution in [0.2, 0.25) is 5.02 Å². The van der Waals surface area contributed by atoms with Crippen molar-refractivity contribution in [2.75, 3.05) is 31.1 Å². The van der Waals surface area contributed by atoms with Gasteiger partial charge in [0, 0.05) is 43.6 Å². The van der Waals surface area contributed by atoms with Gasteiger partial charge >= 0.3 is 0 Å². The number of amides is 1. The summed E-state index contributed by atoms with van der Waals surface area (Å²) in [5.74, 6) is 0.0406. The van der Waals surface area contributed by atoms with Crippen molar-refractivity contribution in [2.24, 2.45) is 0 Å². The van der Waals surface area contributed by atoms with Gasteiger partial charge in [-0.15, -0.1) is 0 Å². The first-order chi connectivity index (χ1) is 11.7. The number of fused-ring (bicyclic) bond motifs is 1. The molecule has 1 aromatic carbocycles. The number of hydrogen-bond acceptors (Lipinski definition) is 5. The lowest BCUT2D eigenvalue weighted by atomic mass is 10.2. The van der Waals surface area contributed by atoms with Gasteiger partial charge in [0.1, 0.15) is 0 Å².